The van der Waals surface area contributed by atoms with Gasteiger partial charge >= 0.3 is 11.9 Å². The van der Waals surface area contributed by atoms with Crippen molar-refractivity contribution in [3.63, 3.8) is 0 Å². The number of piperidine rings is 1. The molecule has 2 fully saturated rings. The van der Waals surface area contributed by atoms with Gasteiger partial charge in [0.1, 0.15) is 0 Å². The Balaban J connectivity index is 1.58. The zero-order valence-corrected chi connectivity index (χ0v) is 17.7. The van der Waals surface area contributed by atoms with Crippen molar-refractivity contribution in [2.75, 3.05) is 26.8 Å². The molecule has 1 heterocycles. The van der Waals surface area contributed by atoms with Crippen LogP contribution in [0.25, 0.3) is 0 Å². The van der Waals surface area contributed by atoms with Gasteiger partial charge in [-0.05, 0) is 43.7 Å². The molecule has 0 bridgehead atoms. The first-order valence-electron chi connectivity index (χ1n) is 10.3. The summed E-state index contributed by atoms with van der Waals surface area (Å²) in [5.74, 6) is -0.725. The summed E-state index contributed by atoms with van der Waals surface area (Å²) in [5, 5.41) is 0. The molecule has 0 radical (unpaired) electrons. The molecule has 1 aliphatic heterocycles. The van der Waals surface area contributed by atoms with Crippen LogP contribution in [0.15, 0.2) is 29.2 Å². The fourth-order valence-corrected chi connectivity index (χ4v) is 5.76. The number of hydrogen-bond donors (Lipinski definition) is 0. The lowest BCUT2D eigenvalue weighted by molar-refractivity contribution is -0.151. The van der Waals surface area contributed by atoms with Crippen molar-refractivity contribution < 1.29 is 27.5 Å². The lowest BCUT2D eigenvalue weighted by Crippen LogP contribution is -2.41. The number of esters is 2. The van der Waals surface area contributed by atoms with Gasteiger partial charge in [-0.15, -0.1) is 0 Å². The summed E-state index contributed by atoms with van der Waals surface area (Å²) in [4.78, 5) is 24.3. The van der Waals surface area contributed by atoms with Gasteiger partial charge in [-0.25, -0.2) is 13.2 Å². The molecule has 0 spiro atoms. The Labute approximate surface area is 172 Å². The molecule has 1 aromatic carbocycles. The molecule has 0 N–H and O–H groups in total. The molecular formula is C21H29NO6S. The topological polar surface area (TPSA) is 90.0 Å². The van der Waals surface area contributed by atoms with Crippen molar-refractivity contribution >= 4 is 22.0 Å². The molecule has 160 valence electrons. The molecule has 0 unspecified atom stereocenters. The van der Waals surface area contributed by atoms with Crippen LogP contribution < -0.4 is 0 Å². The van der Waals surface area contributed by atoms with Gasteiger partial charge in [0.25, 0.3) is 0 Å². The normalized spacial score (nSPS) is 19.6. The van der Waals surface area contributed by atoms with Crippen molar-refractivity contribution in [1.29, 1.82) is 0 Å². The molecule has 3 rings (SSSR count). The summed E-state index contributed by atoms with van der Waals surface area (Å²) in [6, 6.07) is 6.02. The SMILES string of the molecule is COC(=O)c1ccccc1S(=O)(=O)N1CCC(C(=O)OCC2CCCCC2)CC1. The number of sulfonamides is 1. The first kappa shape index (κ1) is 21.8. The van der Waals surface area contributed by atoms with Gasteiger partial charge in [-0.3, -0.25) is 4.79 Å². The first-order valence-corrected chi connectivity index (χ1v) is 11.7. The fourth-order valence-electron chi connectivity index (χ4n) is 4.11. The molecule has 1 aliphatic carbocycles. The number of rotatable bonds is 6. The van der Waals surface area contributed by atoms with E-state index in [2.05, 4.69) is 0 Å². The smallest absolute Gasteiger partial charge is 0.339 e. The molecule has 2 aliphatic rings. The third-order valence-corrected chi connectivity index (χ3v) is 7.84. The molecule has 29 heavy (non-hydrogen) atoms. The van der Waals surface area contributed by atoms with Gasteiger partial charge in [0.05, 0.1) is 30.1 Å². The number of carbonyl (C=O) groups excluding carboxylic acids is 2. The van der Waals surface area contributed by atoms with E-state index < -0.39 is 16.0 Å². The van der Waals surface area contributed by atoms with E-state index in [0.29, 0.717) is 25.4 Å². The average Bonchev–Trinajstić information content (AvgIpc) is 2.77. The number of benzene rings is 1. The number of methoxy groups -OCH3 is 1. The predicted octanol–water partition coefficient (Wildman–Crippen LogP) is 3.00. The Bertz CT molecular complexity index is 823. The van der Waals surface area contributed by atoms with E-state index in [0.717, 1.165) is 12.8 Å². The number of ether oxygens (including phenoxy) is 2. The third kappa shape index (κ3) is 5.17. The van der Waals surface area contributed by atoms with Crippen LogP contribution >= 0.6 is 0 Å². The minimum atomic E-state index is -3.85. The molecule has 0 amide bonds. The van der Waals surface area contributed by atoms with Crippen molar-refractivity contribution in [2.24, 2.45) is 11.8 Å². The van der Waals surface area contributed by atoms with Crippen LogP contribution in [0.3, 0.4) is 0 Å². The van der Waals surface area contributed by atoms with Crippen LogP contribution in [0, 0.1) is 11.8 Å². The van der Waals surface area contributed by atoms with Gasteiger partial charge in [0, 0.05) is 13.1 Å². The fraction of sp³-hybridized carbons (Fsp3) is 0.619. The Morgan fingerprint density at radius 2 is 1.69 bits per heavy atom. The standard InChI is InChI=1S/C21H29NO6S/c1-27-21(24)18-9-5-6-10-19(18)29(25,26)22-13-11-17(12-14-22)20(23)28-15-16-7-3-2-4-8-16/h5-6,9-10,16-17H,2-4,7-8,11-15H2,1H3. The summed E-state index contributed by atoms with van der Waals surface area (Å²) < 4.78 is 37.6. The molecule has 1 saturated carbocycles. The van der Waals surface area contributed by atoms with Gasteiger partial charge < -0.3 is 9.47 Å². The van der Waals surface area contributed by atoms with Gasteiger partial charge in [-0.1, -0.05) is 31.4 Å². The van der Waals surface area contributed by atoms with E-state index >= 15 is 0 Å². The minimum absolute atomic E-state index is 0.0176. The van der Waals surface area contributed by atoms with Crippen molar-refractivity contribution in [2.45, 2.75) is 49.8 Å². The van der Waals surface area contributed by atoms with E-state index in [1.807, 2.05) is 0 Å². The average molecular weight is 424 g/mol. The number of carbonyl (C=O) groups is 2. The monoisotopic (exact) mass is 423 g/mol. The predicted molar refractivity (Wildman–Crippen MR) is 107 cm³/mol. The van der Waals surface area contributed by atoms with E-state index in [4.69, 9.17) is 9.47 Å². The molecule has 8 heteroatoms. The second kappa shape index (κ2) is 9.71. The van der Waals surface area contributed by atoms with Crippen LogP contribution in [0.4, 0.5) is 0 Å². The molecular weight excluding hydrogens is 394 g/mol. The van der Waals surface area contributed by atoms with E-state index in [1.165, 1.54) is 42.8 Å². The second-order valence-electron chi connectivity index (χ2n) is 7.80. The maximum Gasteiger partial charge on any atom is 0.339 e. The summed E-state index contributed by atoms with van der Waals surface area (Å²) in [7, 11) is -2.63. The number of nitrogens with zero attached hydrogens (tertiary/aromatic N) is 1. The summed E-state index contributed by atoms with van der Waals surface area (Å²) in [6.45, 7) is 0.923. The highest BCUT2D eigenvalue weighted by Gasteiger charge is 2.35. The van der Waals surface area contributed by atoms with Crippen LogP contribution in [0.2, 0.25) is 0 Å². The maximum atomic E-state index is 13.0. The summed E-state index contributed by atoms with van der Waals surface area (Å²) in [5.41, 5.74) is 0.0176. The lowest BCUT2D eigenvalue weighted by Gasteiger charge is -2.31. The zero-order valence-electron chi connectivity index (χ0n) is 16.8. The van der Waals surface area contributed by atoms with E-state index in [-0.39, 0.29) is 35.4 Å². The minimum Gasteiger partial charge on any atom is -0.465 e. The van der Waals surface area contributed by atoms with Gasteiger partial charge in [0.2, 0.25) is 10.0 Å². The van der Waals surface area contributed by atoms with Crippen molar-refractivity contribution in [1.82, 2.24) is 4.31 Å². The van der Waals surface area contributed by atoms with Gasteiger partial charge in [0.15, 0.2) is 0 Å². The summed E-state index contributed by atoms with van der Waals surface area (Å²) >= 11 is 0. The molecule has 1 aromatic rings. The highest BCUT2D eigenvalue weighted by molar-refractivity contribution is 7.89. The van der Waals surface area contributed by atoms with Crippen molar-refractivity contribution in [3.8, 4) is 0 Å². The van der Waals surface area contributed by atoms with Crippen LogP contribution in [-0.4, -0.2) is 51.5 Å². The quantitative estimate of drug-likeness (QED) is 0.654. The largest absolute Gasteiger partial charge is 0.465 e. The highest BCUT2D eigenvalue weighted by atomic mass is 32.2. The molecule has 7 nitrogen and oxygen atoms in total. The third-order valence-electron chi connectivity index (χ3n) is 5.88. The second-order valence-corrected chi connectivity index (χ2v) is 9.71. The first-order chi connectivity index (χ1) is 13.9. The Morgan fingerprint density at radius 1 is 1.03 bits per heavy atom. The lowest BCUT2D eigenvalue weighted by atomic mass is 9.90. The molecule has 1 saturated heterocycles. The van der Waals surface area contributed by atoms with Crippen LogP contribution in [0.5, 0.6) is 0 Å². The maximum absolute atomic E-state index is 13.0. The van der Waals surface area contributed by atoms with Crippen molar-refractivity contribution in [3.05, 3.63) is 29.8 Å². The molecule has 0 aromatic heterocycles. The zero-order chi connectivity index (χ0) is 20.9. The Hall–Kier alpha value is -1.93. The van der Waals surface area contributed by atoms with E-state index in [1.54, 1.807) is 12.1 Å². The summed E-state index contributed by atoms with van der Waals surface area (Å²) in [6.07, 6.45) is 6.73. The van der Waals surface area contributed by atoms with E-state index in [9.17, 15) is 18.0 Å². The van der Waals surface area contributed by atoms with Crippen LogP contribution in [-0.2, 0) is 24.3 Å². The number of hydrogen-bond acceptors (Lipinski definition) is 6. The highest BCUT2D eigenvalue weighted by Crippen LogP contribution is 2.28. The Kier molecular flexibility index (Phi) is 7.29. The van der Waals surface area contributed by atoms with Gasteiger partial charge in [-0.2, -0.15) is 4.31 Å². The molecule has 0 atom stereocenters. The van der Waals surface area contributed by atoms with Crippen LogP contribution in [0.1, 0.15) is 55.3 Å². The Morgan fingerprint density at radius 3 is 2.34 bits per heavy atom.